The summed E-state index contributed by atoms with van der Waals surface area (Å²) in [6.07, 6.45) is -2.75. The zero-order chi connectivity index (χ0) is 18.1. The summed E-state index contributed by atoms with van der Waals surface area (Å²) in [6.45, 7) is 1.50. The van der Waals surface area contributed by atoms with E-state index in [-0.39, 0.29) is 43.3 Å². The Labute approximate surface area is 142 Å². The third-order valence-electron chi connectivity index (χ3n) is 4.06. The molecule has 25 heavy (non-hydrogen) atoms. The number of halogens is 2. The average Bonchev–Trinajstić information content (AvgIpc) is 3.07. The number of hydrogen-bond acceptors (Lipinski definition) is 4. The van der Waals surface area contributed by atoms with E-state index in [9.17, 15) is 23.2 Å². The summed E-state index contributed by atoms with van der Waals surface area (Å²) in [6, 6.07) is 3.92. The largest absolute Gasteiger partial charge is 0.442 e. The normalized spacial score (nSPS) is 23.2. The van der Waals surface area contributed by atoms with Crippen LogP contribution in [0.15, 0.2) is 18.2 Å². The molecule has 2 heterocycles. The summed E-state index contributed by atoms with van der Waals surface area (Å²) in [5.74, 6) is -1.44. The van der Waals surface area contributed by atoms with Gasteiger partial charge in [0, 0.05) is 6.92 Å². The fraction of sp³-hybridized carbons (Fsp3) is 0.438. The molecular weight excluding hydrogens is 336 g/mol. The molecular formula is C16H17F2N3O4. The molecule has 2 atom stereocenters. The Balaban J connectivity index is 1.73. The van der Waals surface area contributed by atoms with Gasteiger partial charge in [-0.1, -0.05) is 0 Å². The second kappa shape index (κ2) is 6.66. The maximum Gasteiger partial charge on any atom is 0.414 e. The van der Waals surface area contributed by atoms with Crippen molar-refractivity contribution in [2.24, 2.45) is 0 Å². The highest BCUT2D eigenvalue weighted by Crippen LogP contribution is 2.30. The Morgan fingerprint density at radius 1 is 1.32 bits per heavy atom. The van der Waals surface area contributed by atoms with Crippen molar-refractivity contribution in [1.29, 1.82) is 0 Å². The summed E-state index contributed by atoms with van der Waals surface area (Å²) in [7, 11) is 0. The molecule has 0 radical (unpaired) electrons. The van der Waals surface area contributed by atoms with Gasteiger partial charge in [-0.15, -0.1) is 0 Å². The minimum atomic E-state index is -1.31. The number of benzene rings is 1. The predicted molar refractivity (Wildman–Crippen MR) is 84.6 cm³/mol. The number of amides is 3. The van der Waals surface area contributed by atoms with Gasteiger partial charge in [0.2, 0.25) is 11.8 Å². The van der Waals surface area contributed by atoms with Gasteiger partial charge in [-0.2, -0.15) is 0 Å². The first-order valence-corrected chi connectivity index (χ1v) is 7.81. The van der Waals surface area contributed by atoms with E-state index in [1.807, 2.05) is 0 Å². The van der Waals surface area contributed by atoms with Gasteiger partial charge in [-0.05, 0) is 18.2 Å². The molecule has 9 heteroatoms. The lowest BCUT2D eigenvalue weighted by Gasteiger charge is -2.19. The van der Waals surface area contributed by atoms with E-state index in [1.165, 1.54) is 24.0 Å². The number of carbonyl (C=O) groups is 3. The molecule has 1 N–H and O–H groups in total. The number of nitrogens with zero attached hydrogens (tertiary/aromatic N) is 2. The zero-order valence-electron chi connectivity index (χ0n) is 13.5. The molecule has 0 aromatic heterocycles. The number of ether oxygens (including phenoxy) is 1. The highest BCUT2D eigenvalue weighted by atomic mass is 19.1. The maximum atomic E-state index is 14.4. The van der Waals surface area contributed by atoms with E-state index in [4.69, 9.17) is 4.74 Å². The molecule has 1 aromatic carbocycles. The molecule has 2 saturated heterocycles. The van der Waals surface area contributed by atoms with Gasteiger partial charge in [0.15, 0.2) is 0 Å². The van der Waals surface area contributed by atoms with Crippen molar-refractivity contribution < 1.29 is 27.9 Å². The van der Waals surface area contributed by atoms with Crippen LogP contribution in [0.25, 0.3) is 0 Å². The van der Waals surface area contributed by atoms with Crippen LogP contribution in [0.4, 0.5) is 25.0 Å². The van der Waals surface area contributed by atoms with Crippen LogP contribution in [0.2, 0.25) is 0 Å². The van der Waals surface area contributed by atoms with Crippen LogP contribution in [0, 0.1) is 5.82 Å². The summed E-state index contributed by atoms with van der Waals surface area (Å²) in [5, 5.41) is 2.55. The van der Waals surface area contributed by atoms with E-state index in [1.54, 1.807) is 0 Å². The molecule has 2 fully saturated rings. The molecule has 3 rings (SSSR count). The lowest BCUT2D eigenvalue weighted by Crippen LogP contribution is -2.33. The van der Waals surface area contributed by atoms with Gasteiger partial charge in [-0.25, -0.2) is 13.6 Å². The van der Waals surface area contributed by atoms with Gasteiger partial charge in [0.1, 0.15) is 18.1 Å². The molecule has 0 saturated carbocycles. The van der Waals surface area contributed by atoms with Gasteiger partial charge in [-0.3, -0.25) is 14.5 Å². The average molecular weight is 353 g/mol. The van der Waals surface area contributed by atoms with Crippen molar-refractivity contribution in [2.75, 3.05) is 29.4 Å². The lowest BCUT2D eigenvalue weighted by atomic mass is 10.2. The Morgan fingerprint density at radius 2 is 2.08 bits per heavy atom. The van der Waals surface area contributed by atoms with E-state index in [2.05, 4.69) is 5.32 Å². The van der Waals surface area contributed by atoms with E-state index >= 15 is 0 Å². The minimum absolute atomic E-state index is 0.0174. The predicted octanol–water partition coefficient (Wildman–Crippen LogP) is 1.36. The van der Waals surface area contributed by atoms with Gasteiger partial charge in [0.05, 0.1) is 37.4 Å². The molecule has 2 aliphatic rings. The summed E-state index contributed by atoms with van der Waals surface area (Å²) < 4.78 is 32.8. The first-order chi connectivity index (χ1) is 11.8. The van der Waals surface area contributed by atoms with Crippen molar-refractivity contribution in [2.45, 2.75) is 25.6 Å². The number of rotatable bonds is 4. The Hall–Kier alpha value is -2.71. The molecule has 0 spiro atoms. The van der Waals surface area contributed by atoms with Crippen molar-refractivity contribution in [3.05, 3.63) is 24.0 Å². The Morgan fingerprint density at radius 3 is 2.68 bits per heavy atom. The number of carbonyl (C=O) groups excluding carboxylic acids is 3. The minimum Gasteiger partial charge on any atom is -0.442 e. The second-order valence-corrected chi connectivity index (χ2v) is 5.99. The van der Waals surface area contributed by atoms with Crippen LogP contribution in [0.5, 0.6) is 0 Å². The summed E-state index contributed by atoms with van der Waals surface area (Å²) in [4.78, 5) is 36.9. The molecule has 0 aliphatic carbocycles. The Bertz CT molecular complexity index is 727. The number of cyclic esters (lactones) is 1. The van der Waals surface area contributed by atoms with E-state index in [0.29, 0.717) is 0 Å². The monoisotopic (exact) mass is 353 g/mol. The Kier molecular flexibility index (Phi) is 4.56. The number of alkyl halides is 1. The van der Waals surface area contributed by atoms with Crippen LogP contribution >= 0.6 is 0 Å². The lowest BCUT2D eigenvalue weighted by molar-refractivity contribution is -0.119. The van der Waals surface area contributed by atoms with Gasteiger partial charge >= 0.3 is 6.09 Å². The van der Waals surface area contributed by atoms with E-state index in [0.717, 1.165) is 11.0 Å². The fourth-order valence-electron chi connectivity index (χ4n) is 2.88. The fourth-order valence-corrected chi connectivity index (χ4v) is 2.88. The highest BCUT2D eigenvalue weighted by Gasteiger charge is 2.35. The van der Waals surface area contributed by atoms with Crippen molar-refractivity contribution in [3.8, 4) is 0 Å². The SMILES string of the molecule is CC(=O)NC[C@H]1CN(c2ccc(N3CC(F)CC3=O)c(F)c2)C(=O)O1. The molecule has 1 unspecified atom stereocenters. The maximum absolute atomic E-state index is 14.4. The van der Waals surface area contributed by atoms with Crippen LogP contribution in [-0.4, -0.2) is 49.8 Å². The first-order valence-electron chi connectivity index (χ1n) is 7.81. The molecule has 3 amide bonds. The van der Waals surface area contributed by atoms with Crippen LogP contribution < -0.4 is 15.1 Å². The molecule has 7 nitrogen and oxygen atoms in total. The highest BCUT2D eigenvalue weighted by molar-refractivity contribution is 5.97. The van der Waals surface area contributed by atoms with Gasteiger partial charge < -0.3 is 15.0 Å². The topological polar surface area (TPSA) is 79.0 Å². The molecule has 2 aliphatic heterocycles. The number of nitrogens with one attached hydrogen (secondary N) is 1. The van der Waals surface area contributed by atoms with Crippen molar-refractivity contribution in [1.82, 2.24) is 5.32 Å². The van der Waals surface area contributed by atoms with E-state index < -0.39 is 30.1 Å². The summed E-state index contributed by atoms with van der Waals surface area (Å²) in [5.41, 5.74) is 0.247. The molecule has 134 valence electrons. The smallest absolute Gasteiger partial charge is 0.414 e. The second-order valence-electron chi connectivity index (χ2n) is 5.99. The number of hydrogen-bond donors (Lipinski definition) is 1. The quantitative estimate of drug-likeness (QED) is 0.887. The van der Waals surface area contributed by atoms with Crippen molar-refractivity contribution in [3.63, 3.8) is 0 Å². The summed E-state index contributed by atoms with van der Waals surface area (Å²) >= 11 is 0. The van der Waals surface area contributed by atoms with Gasteiger partial charge in [0.25, 0.3) is 0 Å². The zero-order valence-corrected chi connectivity index (χ0v) is 13.5. The van der Waals surface area contributed by atoms with Crippen molar-refractivity contribution >= 4 is 29.3 Å². The first kappa shape index (κ1) is 17.1. The van der Waals surface area contributed by atoms with Crippen LogP contribution in [0.1, 0.15) is 13.3 Å². The molecule has 0 bridgehead atoms. The van der Waals surface area contributed by atoms with Crippen LogP contribution in [0.3, 0.4) is 0 Å². The standard InChI is InChI=1S/C16H17F2N3O4/c1-9(22)19-6-12-8-20(16(24)25-12)11-2-3-14(13(18)5-11)21-7-10(17)4-15(21)23/h2-3,5,10,12H,4,6-8H2,1H3,(H,19,22)/t10?,12-/m0/s1. The van der Waals surface area contributed by atoms with Crippen LogP contribution in [-0.2, 0) is 14.3 Å². The molecule has 1 aromatic rings. The third kappa shape index (κ3) is 3.54. The number of anilines is 2. The third-order valence-corrected chi connectivity index (χ3v) is 4.06.